The van der Waals surface area contributed by atoms with E-state index in [0.717, 1.165) is 18.7 Å². The van der Waals surface area contributed by atoms with Gasteiger partial charge in [-0.05, 0) is 25.5 Å². The van der Waals surface area contributed by atoms with Gasteiger partial charge in [0.15, 0.2) is 0 Å². The number of rotatable bonds is 4. The van der Waals surface area contributed by atoms with Gasteiger partial charge in [-0.1, -0.05) is 19.1 Å². The van der Waals surface area contributed by atoms with Crippen LogP contribution in [-0.4, -0.2) is 16.1 Å². The molecule has 1 aromatic carbocycles. The lowest BCUT2D eigenvalue weighted by molar-refractivity contribution is 0.618. The van der Waals surface area contributed by atoms with E-state index in [9.17, 15) is 4.39 Å². The molecule has 0 radical (unpaired) electrons. The van der Waals surface area contributed by atoms with Gasteiger partial charge in [-0.2, -0.15) is 0 Å². The normalized spacial score (nSPS) is 10.5. The lowest BCUT2D eigenvalue weighted by Gasteiger charge is -2.09. The van der Waals surface area contributed by atoms with Gasteiger partial charge in [-0.25, -0.2) is 9.37 Å². The summed E-state index contributed by atoms with van der Waals surface area (Å²) in [5.74, 6) is 0.443. The smallest absolute Gasteiger partial charge is 0.207 e. The first kappa shape index (κ1) is 11.6. The van der Waals surface area contributed by atoms with Gasteiger partial charge in [0.1, 0.15) is 5.82 Å². The van der Waals surface area contributed by atoms with Crippen LogP contribution in [0.1, 0.15) is 19.0 Å². The Morgan fingerprint density at radius 1 is 1.35 bits per heavy atom. The number of aromatic nitrogens is 2. The standard InChI is InChI=1S/C13H16FN3/c1-3-8-15-13-16-10(2)9-17(13)12-7-5-4-6-11(12)14/h4-7,9H,3,8H2,1-2H3,(H,15,16). The van der Waals surface area contributed by atoms with Gasteiger partial charge < -0.3 is 5.32 Å². The average molecular weight is 233 g/mol. The molecule has 0 aliphatic rings. The first-order valence-electron chi connectivity index (χ1n) is 5.77. The molecule has 90 valence electrons. The number of para-hydroxylation sites is 1. The summed E-state index contributed by atoms with van der Waals surface area (Å²) in [6.07, 6.45) is 2.83. The predicted octanol–water partition coefficient (Wildman–Crippen LogP) is 3.14. The molecule has 17 heavy (non-hydrogen) atoms. The van der Waals surface area contributed by atoms with Crippen molar-refractivity contribution in [3.8, 4) is 5.69 Å². The van der Waals surface area contributed by atoms with Crippen molar-refractivity contribution in [2.45, 2.75) is 20.3 Å². The van der Waals surface area contributed by atoms with Crippen LogP contribution in [0.2, 0.25) is 0 Å². The molecule has 0 amide bonds. The fraction of sp³-hybridized carbons (Fsp3) is 0.308. The summed E-state index contributed by atoms with van der Waals surface area (Å²) in [5, 5.41) is 3.19. The van der Waals surface area contributed by atoms with Crippen molar-refractivity contribution in [2.24, 2.45) is 0 Å². The number of nitrogens with zero attached hydrogens (tertiary/aromatic N) is 2. The highest BCUT2D eigenvalue weighted by Gasteiger charge is 2.09. The molecule has 0 spiro atoms. The number of halogens is 1. The summed E-state index contributed by atoms with van der Waals surface area (Å²) >= 11 is 0. The average Bonchev–Trinajstić information content (AvgIpc) is 2.68. The summed E-state index contributed by atoms with van der Waals surface area (Å²) in [4.78, 5) is 4.35. The second-order valence-electron chi connectivity index (χ2n) is 3.95. The maximum atomic E-state index is 13.7. The zero-order valence-electron chi connectivity index (χ0n) is 10.1. The van der Waals surface area contributed by atoms with Crippen molar-refractivity contribution in [3.63, 3.8) is 0 Å². The van der Waals surface area contributed by atoms with Crippen molar-refractivity contribution in [1.29, 1.82) is 0 Å². The van der Waals surface area contributed by atoms with Crippen LogP contribution in [0.4, 0.5) is 10.3 Å². The molecule has 1 heterocycles. The third-order valence-electron chi connectivity index (χ3n) is 2.47. The van der Waals surface area contributed by atoms with Crippen molar-refractivity contribution in [1.82, 2.24) is 9.55 Å². The Morgan fingerprint density at radius 2 is 2.12 bits per heavy atom. The van der Waals surface area contributed by atoms with E-state index in [0.29, 0.717) is 11.6 Å². The van der Waals surface area contributed by atoms with E-state index < -0.39 is 0 Å². The van der Waals surface area contributed by atoms with E-state index in [1.165, 1.54) is 6.07 Å². The van der Waals surface area contributed by atoms with Gasteiger partial charge in [-0.15, -0.1) is 0 Å². The first-order chi connectivity index (χ1) is 8.22. The molecule has 0 unspecified atom stereocenters. The molecular formula is C13H16FN3. The van der Waals surface area contributed by atoms with E-state index in [-0.39, 0.29) is 5.82 Å². The molecule has 4 heteroatoms. The molecule has 0 fully saturated rings. The second-order valence-corrected chi connectivity index (χ2v) is 3.95. The minimum absolute atomic E-state index is 0.246. The number of hydrogen-bond donors (Lipinski definition) is 1. The Balaban J connectivity index is 2.41. The van der Waals surface area contributed by atoms with Crippen LogP contribution in [0.5, 0.6) is 0 Å². The highest BCUT2D eigenvalue weighted by atomic mass is 19.1. The third kappa shape index (κ3) is 2.46. The number of nitrogens with one attached hydrogen (secondary N) is 1. The largest absolute Gasteiger partial charge is 0.355 e. The van der Waals surface area contributed by atoms with Crippen molar-refractivity contribution in [2.75, 3.05) is 11.9 Å². The van der Waals surface area contributed by atoms with Crippen molar-refractivity contribution in [3.05, 3.63) is 42.0 Å². The van der Waals surface area contributed by atoms with E-state index in [4.69, 9.17) is 0 Å². The zero-order valence-corrected chi connectivity index (χ0v) is 10.1. The van der Waals surface area contributed by atoms with E-state index in [1.54, 1.807) is 16.7 Å². The topological polar surface area (TPSA) is 29.9 Å². The van der Waals surface area contributed by atoms with Gasteiger partial charge in [-0.3, -0.25) is 4.57 Å². The molecule has 0 atom stereocenters. The minimum atomic E-state index is -0.246. The van der Waals surface area contributed by atoms with E-state index in [2.05, 4.69) is 17.2 Å². The second kappa shape index (κ2) is 4.99. The van der Waals surface area contributed by atoms with Crippen LogP contribution >= 0.6 is 0 Å². The lowest BCUT2D eigenvalue weighted by Crippen LogP contribution is -2.07. The van der Waals surface area contributed by atoms with Crippen LogP contribution in [0.3, 0.4) is 0 Å². The Labute approximate surface area is 100 Å². The quantitative estimate of drug-likeness (QED) is 0.879. The first-order valence-corrected chi connectivity index (χ1v) is 5.77. The maximum absolute atomic E-state index is 13.7. The Hall–Kier alpha value is -1.84. The van der Waals surface area contributed by atoms with Crippen molar-refractivity contribution >= 4 is 5.95 Å². The monoisotopic (exact) mass is 233 g/mol. The molecule has 2 aromatic rings. The minimum Gasteiger partial charge on any atom is -0.355 e. The fourth-order valence-corrected chi connectivity index (χ4v) is 1.69. The van der Waals surface area contributed by atoms with Crippen LogP contribution in [-0.2, 0) is 0 Å². The highest BCUT2D eigenvalue weighted by Crippen LogP contribution is 2.19. The third-order valence-corrected chi connectivity index (χ3v) is 2.47. The number of hydrogen-bond acceptors (Lipinski definition) is 2. The number of imidazole rings is 1. The molecule has 1 N–H and O–H groups in total. The van der Waals surface area contributed by atoms with Crippen LogP contribution < -0.4 is 5.32 Å². The Bertz CT molecular complexity index is 505. The summed E-state index contributed by atoms with van der Waals surface area (Å²) in [6.45, 7) is 4.80. The zero-order chi connectivity index (χ0) is 12.3. The summed E-state index contributed by atoms with van der Waals surface area (Å²) in [5.41, 5.74) is 1.39. The fourth-order valence-electron chi connectivity index (χ4n) is 1.69. The van der Waals surface area contributed by atoms with Crippen LogP contribution in [0.25, 0.3) is 5.69 Å². The molecule has 3 nitrogen and oxygen atoms in total. The lowest BCUT2D eigenvalue weighted by atomic mass is 10.3. The molecule has 0 saturated heterocycles. The Kier molecular flexibility index (Phi) is 3.42. The molecule has 0 aliphatic carbocycles. The van der Waals surface area contributed by atoms with Gasteiger partial charge in [0.2, 0.25) is 5.95 Å². The maximum Gasteiger partial charge on any atom is 0.207 e. The van der Waals surface area contributed by atoms with Gasteiger partial charge in [0.25, 0.3) is 0 Å². The number of anilines is 1. The highest BCUT2D eigenvalue weighted by molar-refractivity contribution is 5.43. The summed E-state index contributed by atoms with van der Waals surface area (Å²) < 4.78 is 15.5. The Morgan fingerprint density at radius 3 is 2.82 bits per heavy atom. The van der Waals surface area contributed by atoms with Crippen molar-refractivity contribution < 1.29 is 4.39 Å². The number of aryl methyl sites for hydroxylation is 1. The molecule has 1 aromatic heterocycles. The molecule has 2 rings (SSSR count). The summed E-state index contributed by atoms with van der Waals surface area (Å²) in [6, 6.07) is 6.70. The molecule has 0 aliphatic heterocycles. The predicted molar refractivity (Wildman–Crippen MR) is 67.0 cm³/mol. The molecule has 0 bridgehead atoms. The molecule has 0 saturated carbocycles. The summed E-state index contributed by atoms with van der Waals surface area (Å²) in [7, 11) is 0. The van der Waals surface area contributed by atoms with Gasteiger partial charge in [0.05, 0.1) is 11.4 Å². The number of benzene rings is 1. The van der Waals surface area contributed by atoms with Gasteiger partial charge >= 0.3 is 0 Å². The van der Waals surface area contributed by atoms with Crippen LogP contribution in [0.15, 0.2) is 30.5 Å². The van der Waals surface area contributed by atoms with E-state index >= 15 is 0 Å². The van der Waals surface area contributed by atoms with Gasteiger partial charge in [0, 0.05) is 12.7 Å². The van der Waals surface area contributed by atoms with E-state index in [1.807, 2.05) is 19.2 Å². The molecular weight excluding hydrogens is 217 g/mol. The van der Waals surface area contributed by atoms with Crippen LogP contribution in [0, 0.1) is 12.7 Å². The SMILES string of the molecule is CCCNc1nc(C)cn1-c1ccccc1F.